The minimum Gasteiger partial charge on any atom is -0.354 e. The number of allylic oxidation sites excluding steroid dienone is 1. The summed E-state index contributed by atoms with van der Waals surface area (Å²) >= 11 is 3.14. The van der Waals surface area contributed by atoms with E-state index in [9.17, 15) is 4.39 Å². The van der Waals surface area contributed by atoms with Crippen LogP contribution in [0.5, 0.6) is 0 Å². The monoisotopic (exact) mass is 311 g/mol. The Morgan fingerprint density at radius 1 is 1.44 bits per heavy atom. The van der Waals surface area contributed by atoms with Crippen LogP contribution in [0, 0.1) is 12.7 Å². The van der Waals surface area contributed by atoms with Gasteiger partial charge in [-0.2, -0.15) is 0 Å². The Morgan fingerprint density at radius 2 is 2.22 bits per heavy atom. The molecule has 2 rings (SSSR count). The zero-order valence-corrected chi connectivity index (χ0v) is 11.5. The molecule has 0 unspecified atom stereocenters. The van der Waals surface area contributed by atoms with Crippen molar-refractivity contribution in [1.29, 1.82) is 0 Å². The fourth-order valence-electron chi connectivity index (χ4n) is 1.47. The van der Waals surface area contributed by atoms with Gasteiger partial charge in [-0.3, -0.25) is 0 Å². The number of benzene rings is 1. The Hall–Kier alpha value is -1.69. The maximum atomic E-state index is 13.1. The lowest BCUT2D eigenvalue weighted by Crippen LogP contribution is -2.00. The van der Waals surface area contributed by atoms with Crippen LogP contribution in [0.3, 0.4) is 0 Å². The summed E-state index contributed by atoms with van der Waals surface area (Å²) in [5, 5.41) is 10.7. The molecule has 0 amide bonds. The molecule has 0 saturated heterocycles. The molecular formula is C12H11BrFN3O. The minimum atomic E-state index is -0.304. The van der Waals surface area contributed by atoms with Gasteiger partial charge in [0, 0.05) is 5.69 Å². The third-order valence-electron chi connectivity index (χ3n) is 2.39. The third kappa shape index (κ3) is 2.59. The van der Waals surface area contributed by atoms with Gasteiger partial charge in [0.15, 0.2) is 5.69 Å². The summed E-state index contributed by atoms with van der Waals surface area (Å²) < 4.78 is 18.2. The summed E-state index contributed by atoms with van der Waals surface area (Å²) in [7, 11) is 0. The highest BCUT2D eigenvalue weighted by molar-refractivity contribution is 9.10. The molecule has 4 nitrogen and oxygen atoms in total. The van der Waals surface area contributed by atoms with Gasteiger partial charge in [0.05, 0.1) is 10.2 Å². The summed E-state index contributed by atoms with van der Waals surface area (Å²) in [6, 6.07) is 4.68. The summed E-state index contributed by atoms with van der Waals surface area (Å²) in [5.74, 6) is -0.304. The van der Waals surface area contributed by atoms with E-state index in [0.29, 0.717) is 15.9 Å². The van der Waals surface area contributed by atoms with Gasteiger partial charge in [0.25, 0.3) is 0 Å². The van der Waals surface area contributed by atoms with Gasteiger partial charge < -0.3 is 5.32 Å². The first-order chi connectivity index (χ1) is 8.61. The van der Waals surface area contributed by atoms with E-state index in [1.165, 1.54) is 6.07 Å². The van der Waals surface area contributed by atoms with Crippen molar-refractivity contribution in [3.8, 4) is 0 Å². The standard InChI is InChI=1S/C12H11BrFN3O/c1-3-11(12-7(2)16-18-17-12)15-8-4-5-10(14)9(13)6-8/h3-6,15H,1-2H3/b11-3+. The second-order valence-corrected chi connectivity index (χ2v) is 4.51. The van der Waals surface area contributed by atoms with Crippen LogP contribution < -0.4 is 5.32 Å². The van der Waals surface area contributed by atoms with Gasteiger partial charge in [-0.1, -0.05) is 11.2 Å². The Bertz CT molecular complexity index is 595. The molecule has 0 aliphatic carbocycles. The van der Waals surface area contributed by atoms with Crippen LogP contribution >= 0.6 is 15.9 Å². The Labute approximate surface area is 112 Å². The summed E-state index contributed by atoms with van der Waals surface area (Å²) in [6.07, 6.45) is 1.85. The van der Waals surface area contributed by atoms with Gasteiger partial charge in [0.2, 0.25) is 0 Å². The highest BCUT2D eigenvalue weighted by Gasteiger charge is 2.11. The third-order valence-corrected chi connectivity index (χ3v) is 3.00. The van der Waals surface area contributed by atoms with Crippen LogP contribution in [0.4, 0.5) is 10.1 Å². The van der Waals surface area contributed by atoms with Gasteiger partial charge in [-0.25, -0.2) is 9.02 Å². The van der Waals surface area contributed by atoms with Crippen LogP contribution in [-0.4, -0.2) is 10.3 Å². The smallest absolute Gasteiger partial charge is 0.153 e. The molecule has 0 radical (unpaired) electrons. The van der Waals surface area contributed by atoms with Crippen molar-refractivity contribution in [2.24, 2.45) is 0 Å². The lowest BCUT2D eigenvalue weighted by molar-refractivity contribution is 0.303. The van der Waals surface area contributed by atoms with Crippen LogP contribution in [-0.2, 0) is 0 Å². The van der Waals surface area contributed by atoms with E-state index in [1.54, 1.807) is 19.1 Å². The fourth-order valence-corrected chi connectivity index (χ4v) is 1.85. The molecule has 0 fully saturated rings. The topological polar surface area (TPSA) is 51.0 Å². The molecule has 94 valence electrons. The van der Waals surface area contributed by atoms with E-state index >= 15 is 0 Å². The van der Waals surface area contributed by atoms with E-state index in [0.717, 1.165) is 11.4 Å². The minimum absolute atomic E-state index is 0.304. The second-order valence-electron chi connectivity index (χ2n) is 3.65. The first kappa shape index (κ1) is 12.8. The first-order valence-electron chi connectivity index (χ1n) is 5.29. The molecule has 1 aromatic carbocycles. The Morgan fingerprint density at radius 3 is 2.78 bits per heavy atom. The predicted octanol–water partition coefficient (Wildman–Crippen LogP) is 3.75. The number of hydrogen-bond acceptors (Lipinski definition) is 4. The molecular weight excluding hydrogens is 301 g/mol. The average molecular weight is 312 g/mol. The molecule has 0 saturated carbocycles. The number of hydrogen-bond donors (Lipinski definition) is 1. The summed E-state index contributed by atoms with van der Waals surface area (Å²) in [4.78, 5) is 0. The van der Waals surface area contributed by atoms with Crippen LogP contribution in [0.2, 0.25) is 0 Å². The molecule has 2 aromatic rings. The van der Waals surface area contributed by atoms with Gasteiger partial charge >= 0.3 is 0 Å². The van der Waals surface area contributed by atoms with E-state index < -0.39 is 0 Å². The van der Waals surface area contributed by atoms with Crippen molar-refractivity contribution in [2.45, 2.75) is 13.8 Å². The Kier molecular flexibility index (Phi) is 3.76. The molecule has 0 spiro atoms. The number of nitrogens with zero attached hydrogens (tertiary/aromatic N) is 2. The van der Waals surface area contributed by atoms with Gasteiger partial charge in [0.1, 0.15) is 11.5 Å². The molecule has 18 heavy (non-hydrogen) atoms. The predicted molar refractivity (Wildman–Crippen MR) is 70.4 cm³/mol. The summed E-state index contributed by atoms with van der Waals surface area (Å²) in [6.45, 7) is 3.67. The highest BCUT2D eigenvalue weighted by atomic mass is 79.9. The van der Waals surface area contributed by atoms with Crippen molar-refractivity contribution >= 4 is 27.3 Å². The lowest BCUT2D eigenvalue weighted by atomic mass is 10.2. The molecule has 0 atom stereocenters. The van der Waals surface area contributed by atoms with Crippen LogP contribution in [0.1, 0.15) is 18.3 Å². The van der Waals surface area contributed by atoms with Gasteiger partial charge in [-0.15, -0.1) is 0 Å². The molecule has 1 heterocycles. The molecule has 1 aromatic heterocycles. The van der Waals surface area contributed by atoms with Crippen molar-refractivity contribution < 1.29 is 9.02 Å². The number of anilines is 1. The number of aryl methyl sites for hydroxylation is 1. The highest BCUT2D eigenvalue weighted by Crippen LogP contribution is 2.23. The lowest BCUT2D eigenvalue weighted by Gasteiger charge is -2.09. The molecule has 0 aliphatic rings. The zero-order chi connectivity index (χ0) is 13.1. The molecule has 0 bridgehead atoms. The largest absolute Gasteiger partial charge is 0.354 e. The van der Waals surface area contributed by atoms with Crippen LogP contribution in [0.15, 0.2) is 33.4 Å². The summed E-state index contributed by atoms with van der Waals surface area (Å²) in [5.41, 5.74) is 2.83. The van der Waals surface area contributed by atoms with Crippen molar-refractivity contribution in [2.75, 3.05) is 5.32 Å². The quantitative estimate of drug-likeness (QED) is 0.938. The molecule has 0 aliphatic heterocycles. The molecule has 6 heteroatoms. The van der Waals surface area contributed by atoms with E-state index in [2.05, 4.69) is 36.2 Å². The van der Waals surface area contributed by atoms with Gasteiger partial charge in [-0.05, 0) is 53.1 Å². The zero-order valence-electron chi connectivity index (χ0n) is 9.87. The SMILES string of the molecule is C/C=C(/Nc1ccc(F)c(Br)c1)c1nonc1C. The van der Waals surface area contributed by atoms with Crippen molar-refractivity contribution in [3.05, 3.63) is 46.0 Å². The number of rotatable bonds is 3. The van der Waals surface area contributed by atoms with Crippen LogP contribution in [0.25, 0.3) is 5.70 Å². The second kappa shape index (κ2) is 5.30. The van der Waals surface area contributed by atoms with E-state index in [-0.39, 0.29) is 5.82 Å². The number of aromatic nitrogens is 2. The average Bonchev–Trinajstić information content (AvgIpc) is 2.77. The number of nitrogens with one attached hydrogen (secondary N) is 1. The molecule has 1 N–H and O–H groups in total. The first-order valence-corrected chi connectivity index (χ1v) is 6.09. The van der Waals surface area contributed by atoms with Crippen molar-refractivity contribution in [1.82, 2.24) is 10.3 Å². The maximum Gasteiger partial charge on any atom is 0.153 e. The van der Waals surface area contributed by atoms with E-state index in [1.807, 2.05) is 13.0 Å². The van der Waals surface area contributed by atoms with E-state index in [4.69, 9.17) is 0 Å². The fraction of sp³-hybridized carbons (Fsp3) is 0.167. The number of halogens is 2. The Balaban J connectivity index is 2.27. The maximum absolute atomic E-state index is 13.1. The van der Waals surface area contributed by atoms with Crippen molar-refractivity contribution in [3.63, 3.8) is 0 Å². The normalized spacial score (nSPS) is 11.7.